The molecule has 0 N–H and O–H groups in total. The second-order valence-electron chi connectivity index (χ2n) is 5.17. The van der Waals surface area contributed by atoms with Gasteiger partial charge in [-0.2, -0.15) is 0 Å². The van der Waals surface area contributed by atoms with Crippen molar-refractivity contribution in [1.82, 2.24) is 0 Å². The Morgan fingerprint density at radius 1 is 1.19 bits per heavy atom. The zero-order chi connectivity index (χ0) is 12.2. The monoisotopic (exact) mass is 216 g/mol. The van der Waals surface area contributed by atoms with Crippen molar-refractivity contribution in [3.8, 4) is 0 Å². The zero-order valence-corrected chi connectivity index (χ0v) is 10.5. The minimum Gasteiger partial charge on any atom is -0.294 e. The Kier molecular flexibility index (Phi) is 4.05. The number of hydrogen-bond acceptors (Lipinski definition) is 1. The Balaban J connectivity index is 2.69. The van der Waals surface area contributed by atoms with E-state index in [4.69, 9.17) is 0 Å². The molecule has 0 aliphatic heterocycles. The molecule has 0 spiro atoms. The predicted octanol–water partition coefficient (Wildman–Crippen LogP) is 3.96. The molecule has 16 heavy (non-hydrogen) atoms. The van der Waals surface area contributed by atoms with Crippen LogP contribution in [-0.4, -0.2) is 5.78 Å². The van der Waals surface area contributed by atoms with Gasteiger partial charge in [0, 0.05) is 5.41 Å². The van der Waals surface area contributed by atoms with E-state index in [1.165, 1.54) is 5.56 Å². The van der Waals surface area contributed by atoms with Crippen molar-refractivity contribution in [1.29, 1.82) is 0 Å². The van der Waals surface area contributed by atoms with Crippen LogP contribution in [0, 0.1) is 5.41 Å². The summed E-state index contributed by atoms with van der Waals surface area (Å²) in [6, 6.07) is 10.2. The lowest BCUT2D eigenvalue weighted by Crippen LogP contribution is -2.17. The number of hydrogen-bond donors (Lipinski definition) is 0. The van der Waals surface area contributed by atoms with E-state index in [1.807, 2.05) is 45.0 Å². The molecular weight excluding hydrogens is 196 g/mol. The fourth-order valence-electron chi connectivity index (χ4n) is 1.35. The molecule has 1 aromatic carbocycles. The van der Waals surface area contributed by atoms with Gasteiger partial charge in [0.2, 0.25) is 0 Å². The molecule has 0 aliphatic carbocycles. The molecule has 0 aliphatic rings. The standard InChI is InChI=1S/C15H20O/c1-12(13-8-6-5-7-9-13)10-11-14(16)15(2,3)4/h5-12H,1-4H3. The molecular formula is C15H20O. The summed E-state index contributed by atoms with van der Waals surface area (Å²) in [5, 5.41) is 0. The second kappa shape index (κ2) is 5.11. The highest BCUT2D eigenvalue weighted by Gasteiger charge is 2.18. The summed E-state index contributed by atoms with van der Waals surface area (Å²) >= 11 is 0. The van der Waals surface area contributed by atoms with Gasteiger partial charge in [-0.1, -0.05) is 64.1 Å². The first-order chi connectivity index (χ1) is 7.41. The van der Waals surface area contributed by atoms with Gasteiger partial charge in [0.05, 0.1) is 0 Å². The fraction of sp³-hybridized carbons (Fsp3) is 0.400. The molecule has 0 heterocycles. The normalized spacial score (nSPS) is 14.0. The molecule has 86 valence electrons. The van der Waals surface area contributed by atoms with Crippen LogP contribution in [0.1, 0.15) is 39.2 Å². The van der Waals surface area contributed by atoms with Crippen LogP contribution in [0.3, 0.4) is 0 Å². The quantitative estimate of drug-likeness (QED) is 0.699. The van der Waals surface area contributed by atoms with E-state index in [-0.39, 0.29) is 17.1 Å². The van der Waals surface area contributed by atoms with Crippen LogP contribution in [0.4, 0.5) is 0 Å². The van der Waals surface area contributed by atoms with E-state index in [0.717, 1.165) is 0 Å². The molecule has 1 aromatic rings. The third-order valence-corrected chi connectivity index (χ3v) is 2.60. The van der Waals surface area contributed by atoms with Crippen LogP contribution >= 0.6 is 0 Å². The summed E-state index contributed by atoms with van der Waals surface area (Å²) in [4.78, 5) is 11.7. The van der Waals surface area contributed by atoms with Crippen molar-refractivity contribution in [2.24, 2.45) is 5.41 Å². The van der Waals surface area contributed by atoms with Crippen molar-refractivity contribution in [3.05, 3.63) is 48.0 Å². The first kappa shape index (κ1) is 12.7. The number of allylic oxidation sites excluding steroid dienone is 2. The molecule has 0 saturated heterocycles. The summed E-state index contributed by atoms with van der Waals surface area (Å²) in [7, 11) is 0. The first-order valence-electron chi connectivity index (χ1n) is 5.69. The molecule has 1 rings (SSSR count). The first-order valence-corrected chi connectivity index (χ1v) is 5.69. The van der Waals surface area contributed by atoms with Crippen molar-refractivity contribution in [2.45, 2.75) is 33.6 Å². The third kappa shape index (κ3) is 3.65. The Hall–Kier alpha value is -1.37. The average molecular weight is 216 g/mol. The lowest BCUT2D eigenvalue weighted by atomic mass is 9.89. The van der Waals surface area contributed by atoms with E-state index >= 15 is 0 Å². The highest BCUT2D eigenvalue weighted by atomic mass is 16.1. The van der Waals surface area contributed by atoms with E-state index in [2.05, 4.69) is 19.1 Å². The molecule has 1 unspecified atom stereocenters. The van der Waals surface area contributed by atoms with E-state index in [0.29, 0.717) is 0 Å². The van der Waals surface area contributed by atoms with Crippen LogP contribution in [-0.2, 0) is 4.79 Å². The zero-order valence-electron chi connectivity index (χ0n) is 10.5. The molecule has 0 fully saturated rings. The van der Waals surface area contributed by atoms with Gasteiger partial charge in [0.15, 0.2) is 5.78 Å². The van der Waals surface area contributed by atoms with Crippen molar-refractivity contribution in [3.63, 3.8) is 0 Å². The van der Waals surface area contributed by atoms with Gasteiger partial charge >= 0.3 is 0 Å². The lowest BCUT2D eigenvalue weighted by Gasteiger charge is -2.14. The van der Waals surface area contributed by atoms with E-state index < -0.39 is 0 Å². The van der Waals surface area contributed by atoms with Crippen LogP contribution < -0.4 is 0 Å². The topological polar surface area (TPSA) is 17.1 Å². The minimum atomic E-state index is -0.285. The number of benzene rings is 1. The molecule has 0 bridgehead atoms. The van der Waals surface area contributed by atoms with Crippen molar-refractivity contribution < 1.29 is 4.79 Å². The Labute approximate surface area is 98.2 Å². The maximum absolute atomic E-state index is 11.7. The summed E-state index contributed by atoms with van der Waals surface area (Å²) < 4.78 is 0. The maximum Gasteiger partial charge on any atom is 0.160 e. The SMILES string of the molecule is CC(C=CC(=O)C(C)(C)C)c1ccccc1. The molecule has 1 atom stereocenters. The summed E-state index contributed by atoms with van der Waals surface area (Å²) in [6.07, 6.45) is 3.68. The molecule has 0 saturated carbocycles. The Morgan fingerprint density at radius 2 is 1.75 bits per heavy atom. The molecule has 1 nitrogen and oxygen atoms in total. The Morgan fingerprint density at radius 3 is 2.25 bits per heavy atom. The van der Waals surface area contributed by atoms with Gasteiger partial charge in [-0.05, 0) is 17.6 Å². The molecule has 0 amide bonds. The minimum absolute atomic E-state index is 0.176. The highest BCUT2D eigenvalue weighted by molar-refractivity contribution is 5.93. The van der Waals surface area contributed by atoms with Gasteiger partial charge in [-0.15, -0.1) is 0 Å². The Bertz CT molecular complexity index is 368. The number of carbonyl (C=O) groups excluding carboxylic acids is 1. The fourth-order valence-corrected chi connectivity index (χ4v) is 1.35. The van der Waals surface area contributed by atoms with Crippen molar-refractivity contribution >= 4 is 5.78 Å². The number of carbonyl (C=O) groups is 1. The lowest BCUT2D eigenvalue weighted by molar-refractivity contribution is -0.121. The molecule has 0 aromatic heterocycles. The average Bonchev–Trinajstić information content (AvgIpc) is 2.25. The summed E-state index contributed by atoms with van der Waals surface area (Å²) in [6.45, 7) is 7.91. The van der Waals surface area contributed by atoms with E-state index in [9.17, 15) is 4.79 Å². The summed E-state index contributed by atoms with van der Waals surface area (Å²) in [5.41, 5.74) is 0.952. The number of ketones is 1. The van der Waals surface area contributed by atoms with Gasteiger partial charge in [-0.3, -0.25) is 4.79 Å². The van der Waals surface area contributed by atoms with Crippen LogP contribution in [0.15, 0.2) is 42.5 Å². The predicted molar refractivity (Wildman–Crippen MR) is 68.5 cm³/mol. The highest BCUT2D eigenvalue weighted by Crippen LogP contribution is 2.19. The van der Waals surface area contributed by atoms with Gasteiger partial charge < -0.3 is 0 Å². The van der Waals surface area contributed by atoms with Crippen LogP contribution in [0.5, 0.6) is 0 Å². The summed E-state index contributed by atoms with van der Waals surface area (Å²) in [5.74, 6) is 0.461. The number of rotatable bonds is 3. The smallest absolute Gasteiger partial charge is 0.160 e. The van der Waals surface area contributed by atoms with Crippen LogP contribution in [0.2, 0.25) is 0 Å². The van der Waals surface area contributed by atoms with Gasteiger partial charge in [-0.25, -0.2) is 0 Å². The van der Waals surface area contributed by atoms with Crippen molar-refractivity contribution in [2.75, 3.05) is 0 Å². The van der Waals surface area contributed by atoms with Gasteiger partial charge in [0.1, 0.15) is 0 Å². The molecule has 1 heteroatoms. The second-order valence-corrected chi connectivity index (χ2v) is 5.17. The van der Waals surface area contributed by atoms with E-state index in [1.54, 1.807) is 6.08 Å². The maximum atomic E-state index is 11.7. The molecule has 0 radical (unpaired) electrons. The van der Waals surface area contributed by atoms with Crippen LogP contribution in [0.25, 0.3) is 0 Å². The van der Waals surface area contributed by atoms with Gasteiger partial charge in [0.25, 0.3) is 0 Å². The third-order valence-electron chi connectivity index (χ3n) is 2.60. The largest absolute Gasteiger partial charge is 0.294 e.